The van der Waals surface area contributed by atoms with Gasteiger partial charge >= 0.3 is 0 Å². The molecule has 0 bridgehead atoms. The Balaban J connectivity index is 1.66. The number of nitrogens with zero attached hydrogens (tertiary/aromatic N) is 1. The first-order valence-corrected chi connectivity index (χ1v) is 8.01. The van der Waals surface area contributed by atoms with Gasteiger partial charge in [0.05, 0.1) is 24.8 Å². The highest BCUT2D eigenvalue weighted by molar-refractivity contribution is 7.19. The van der Waals surface area contributed by atoms with Gasteiger partial charge in [0, 0.05) is 9.58 Å². The quantitative estimate of drug-likeness (QED) is 0.690. The summed E-state index contributed by atoms with van der Waals surface area (Å²) in [7, 11) is 1.63. The highest BCUT2D eigenvalue weighted by Gasteiger charge is 2.35. The lowest BCUT2D eigenvalue weighted by Gasteiger charge is -2.11. The zero-order chi connectivity index (χ0) is 16.0. The van der Waals surface area contributed by atoms with Crippen LogP contribution in [0.3, 0.4) is 0 Å². The fourth-order valence-corrected chi connectivity index (χ4v) is 3.89. The molecule has 0 saturated heterocycles. The molecule has 1 aliphatic rings. The largest absolute Gasteiger partial charge is 0.497 e. The fraction of sp³-hybridized carbons (Fsp3) is 0.111. The molecule has 23 heavy (non-hydrogen) atoms. The summed E-state index contributed by atoms with van der Waals surface area (Å²) < 4.78 is 6.31. The number of rotatable bonds is 3. The molecule has 5 heteroatoms. The number of hydrogen-bond donors (Lipinski definition) is 0. The molecule has 114 valence electrons. The van der Waals surface area contributed by atoms with Crippen molar-refractivity contribution < 1.29 is 14.3 Å². The van der Waals surface area contributed by atoms with E-state index in [1.54, 1.807) is 42.7 Å². The van der Waals surface area contributed by atoms with Crippen LogP contribution in [0.15, 0.2) is 48.5 Å². The Labute approximate surface area is 136 Å². The molecule has 0 radical (unpaired) electrons. The summed E-state index contributed by atoms with van der Waals surface area (Å²) in [6.07, 6.45) is 0. The van der Waals surface area contributed by atoms with Gasteiger partial charge in [0.1, 0.15) is 5.75 Å². The Morgan fingerprint density at radius 2 is 1.70 bits per heavy atom. The van der Waals surface area contributed by atoms with E-state index < -0.39 is 0 Å². The SMILES string of the molecule is COc1ccc2cc(CN3C(=O)c4ccccc4C3=O)sc2c1. The number of amides is 2. The number of imide groups is 1. The second-order valence-corrected chi connectivity index (χ2v) is 6.53. The fourth-order valence-electron chi connectivity index (χ4n) is 2.81. The number of ether oxygens (including phenoxy) is 1. The smallest absolute Gasteiger partial charge is 0.261 e. The Kier molecular flexibility index (Phi) is 3.16. The molecule has 0 N–H and O–H groups in total. The normalized spacial score (nSPS) is 13.7. The predicted octanol–water partition coefficient (Wildman–Crippen LogP) is 3.71. The molecule has 4 rings (SSSR count). The van der Waals surface area contributed by atoms with Crippen molar-refractivity contribution in [3.63, 3.8) is 0 Å². The minimum absolute atomic E-state index is 0.222. The van der Waals surface area contributed by atoms with Crippen molar-refractivity contribution in [2.75, 3.05) is 7.11 Å². The van der Waals surface area contributed by atoms with Crippen molar-refractivity contribution in [2.45, 2.75) is 6.54 Å². The number of hydrogen-bond acceptors (Lipinski definition) is 4. The third kappa shape index (κ3) is 2.21. The van der Waals surface area contributed by atoms with E-state index in [0.717, 1.165) is 20.7 Å². The summed E-state index contributed by atoms with van der Waals surface area (Å²) in [6, 6.07) is 14.8. The average molecular weight is 323 g/mol. The maximum absolute atomic E-state index is 12.4. The third-order valence-corrected chi connectivity index (χ3v) is 5.05. The molecule has 0 spiro atoms. The Morgan fingerprint density at radius 3 is 2.35 bits per heavy atom. The van der Waals surface area contributed by atoms with Crippen LogP contribution in [0, 0.1) is 0 Å². The van der Waals surface area contributed by atoms with E-state index in [0.29, 0.717) is 17.7 Å². The van der Waals surface area contributed by atoms with Gasteiger partial charge in [-0.05, 0) is 41.8 Å². The van der Waals surface area contributed by atoms with Gasteiger partial charge in [-0.25, -0.2) is 0 Å². The summed E-state index contributed by atoms with van der Waals surface area (Å²) in [6.45, 7) is 0.300. The van der Waals surface area contributed by atoms with Crippen LogP contribution in [-0.4, -0.2) is 23.8 Å². The summed E-state index contributed by atoms with van der Waals surface area (Å²) in [4.78, 5) is 27.1. The van der Waals surface area contributed by atoms with Crippen LogP contribution in [0.5, 0.6) is 5.75 Å². The van der Waals surface area contributed by atoms with Gasteiger partial charge in [0.2, 0.25) is 0 Å². The maximum Gasteiger partial charge on any atom is 0.261 e. The van der Waals surface area contributed by atoms with Crippen molar-refractivity contribution in [1.82, 2.24) is 4.90 Å². The number of methoxy groups -OCH3 is 1. The Hall–Kier alpha value is -2.66. The summed E-state index contributed by atoms with van der Waals surface area (Å²) in [5, 5.41) is 1.09. The third-order valence-electron chi connectivity index (χ3n) is 3.97. The zero-order valence-electron chi connectivity index (χ0n) is 12.4. The molecule has 0 fully saturated rings. The van der Waals surface area contributed by atoms with Crippen LogP contribution in [0.2, 0.25) is 0 Å². The molecular weight excluding hydrogens is 310 g/mol. The second-order valence-electron chi connectivity index (χ2n) is 5.36. The highest BCUT2D eigenvalue weighted by Crippen LogP contribution is 2.32. The van der Waals surface area contributed by atoms with Gasteiger partial charge in [-0.3, -0.25) is 14.5 Å². The summed E-state index contributed by atoms with van der Waals surface area (Å²) in [5.74, 6) is 0.355. The van der Waals surface area contributed by atoms with E-state index >= 15 is 0 Å². The molecule has 2 amide bonds. The van der Waals surface area contributed by atoms with Crippen LogP contribution >= 0.6 is 11.3 Å². The van der Waals surface area contributed by atoms with Crippen molar-refractivity contribution >= 4 is 33.2 Å². The van der Waals surface area contributed by atoms with Crippen molar-refractivity contribution in [3.8, 4) is 5.75 Å². The lowest BCUT2D eigenvalue weighted by atomic mass is 10.1. The lowest BCUT2D eigenvalue weighted by Crippen LogP contribution is -2.28. The number of carbonyl (C=O) groups excluding carboxylic acids is 2. The molecular formula is C18H13NO3S. The van der Waals surface area contributed by atoms with Crippen molar-refractivity contribution in [3.05, 3.63) is 64.5 Å². The average Bonchev–Trinajstić information content (AvgIpc) is 3.09. The number of thiophene rings is 1. The monoisotopic (exact) mass is 323 g/mol. The van der Waals surface area contributed by atoms with E-state index in [1.807, 2.05) is 24.3 Å². The standard InChI is InChI=1S/C18H13NO3S/c1-22-12-7-6-11-8-13(23-16(11)9-12)10-19-17(20)14-4-2-3-5-15(14)18(19)21/h2-9H,10H2,1H3. The number of carbonyl (C=O) groups is 2. The molecule has 1 aromatic heterocycles. The topological polar surface area (TPSA) is 46.6 Å². The summed E-state index contributed by atoms with van der Waals surface area (Å²) in [5.41, 5.74) is 0.973. The Morgan fingerprint density at radius 1 is 1.00 bits per heavy atom. The van der Waals surface area contributed by atoms with Crippen molar-refractivity contribution in [1.29, 1.82) is 0 Å². The van der Waals surface area contributed by atoms with Gasteiger partial charge in [-0.15, -0.1) is 11.3 Å². The maximum atomic E-state index is 12.4. The first kappa shape index (κ1) is 14.0. The lowest BCUT2D eigenvalue weighted by molar-refractivity contribution is 0.0644. The first-order chi connectivity index (χ1) is 11.2. The second kappa shape index (κ2) is 5.21. The molecule has 0 saturated carbocycles. The molecule has 3 aromatic rings. The van der Waals surface area contributed by atoms with E-state index in [9.17, 15) is 9.59 Å². The van der Waals surface area contributed by atoms with Gasteiger partial charge in [0.15, 0.2) is 0 Å². The molecule has 4 nitrogen and oxygen atoms in total. The Bertz CT molecular complexity index is 909. The van der Waals surface area contributed by atoms with Crippen LogP contribution in [-0.2, 0) is 6.54 Å². The molecule has 0 atom stereocenters. The highest BCUT2D eigenvalue weighted by atomic mass is 32.1. The molecule has 1 aliphatic heterocycles. The van der Waals surface area contributed by atoms with Gasteiger partial charge < -0.3 is 4.74 Å². The van der Waals surface area contributed by atoms with Gasteiger partial charge in [-0.1, -0.05) is 12.1 Å². The van der Waals surface area contributed by atoms with Crippen LogP contribution in [0.4, 0.5) is 0 Å². The van der Waals surface area contributed by atoms with E-state index in [2.05, 4.69) is 0 Å². The minimum Gasteiger partial charge on any atom is -0.497 e. The van der Waals surface area contributed by atoms with E-state index in [1.165, 1.54) is 4.90 Å². The molecule has 2 heterocycles. The molecule has 0 unspecified atom stereocenters. The van der Waals surface area contributed by atoms with E-state index in [4.69, 9.17) is 4.74 Å². The zero-order valence-corrected chi connectivity index (χ0v) is 13.2. The first-order valence-electron chi connectivity index (χ1n) is 7.19. The van der Waals surface area contributed by atoms with E-state index in [-0.39, 0.29) is 11.8 Å². The van der Waals surface area contributed by atoms with Crippen molar-refractivity contribution in [2.24, 2.45) is 0 Å². The molecule has 2 aromatic carbocycles. The van der Waals surface area contributed by atoms with Gasteiger partial charge in [0.25, 0.3) is 11.8 Å². The minimum atomic E-state index is -0.222. The predicted molar refractivity (Wildman–Crippen MR) is 89.0 cm³/mol. The van der Waals surface area contributed by atoms with Crippen LogP contribution < -0.4 is 4.74 Å². The number of benzene rings is 2. The number of fused-ring (bicyclic) bond motifs is 2. The molecule has 0 aliphatic carbocycles. The summed E-state index contributed by atoms with van der Waals surface area (Å²) >= 11 is 1.57. The van der Waals surface area contributed by atoms with Gasteiger partial charge in [-0.2, -0.15) is 0 Å². The van der Waals surface area contributed by atoms with Crippen LogP contribution in [0.25, 0.3) is 10.1 Å². The van der Waals surface area contributed by atoms with Crippen LogP contribution in [0.1, 0.15) is 25.6 Å².